The SMILES string of the molecule is Cc1c(Br)cccc1C(=O)c1ccncc1. The predicted octanol–water partition coefficient (Wildman–Crippen LogP) is 3.38. The number of carbonyl (C=O) groups is 1. The van der Waals surface area contributed by atoms with Gasteiger partial charge in [-0.05, 0) is 30.7 Å². The third kappa shape index (κ3) is 2.04. The first-order valence-corrected chi connectivity index (χ1v) is 5.69. The van der Waals surface area contributed by atoms with Crippen LogP contribution in [0.15, 0.2) is 47.2 Å². The van der Waals surface area contributed by atoms with Gasteiger partial charge in [0.1, 0.15) is 0 Å². The lowest BCUT2D eigenvalue weighted by Gasteiger charge is -2.06. The number of hydrogen-bond donors (Lipinski definition) is 0. The first-order chi connectivity index (χ1) is 7.70. The average molecular weight is 276 g/mol. The second-order valence-electron chi connectivity index (χ2n) is 3.48. The van der Waals surface area contributed by atoms with Crippen molar-refractivity contribution in [3.8, 4) is 0 Å². The maximum atomic E-state index is 12.2. The second-order valence-corrected chi connectivity index (χ2v) is 4.33. The second kappa shape index (κ2) is 4.58. The molecule has 0 aliphatic heterocycles. The van der Waals surface area contributed by atoms with Crippen molar-refractivity contribution < 1.29 is 4.79 Å². The lowest BCUT2D eigenvalue weighted by molar-refractivity contribution is 0.103. The van der Waals surface area contributed by atoms with E-state index in [0.717, 1.165) is 15.6 Å². The molecule has 0 radical (unpaired) electrons. The fourth-order valence-electron chi connectivity index (χ4n) is 1.51. The van der Waals surface area contributed by atoms with Gasteiger partial charge in [-0.3, -0.25) is 9.78 Å². The van der Waals surface area contributed by atoms with Gasteiger partial charge in [0, 0.05) is 28.0 Å². The molecule has 16 heavy (non-hydrogen) atoms. The monoisotopic (exact) mass is 275 g/mol. The number of carbonyl (C=O) groups excluding carboxylic acids is 1. The minimum atomic E-state index is 0.0289. The van der Waals surface area contributed by atoms with Crippen LogP contribution in [0, 0.1) is 6.92 Å². The van der Waals surface area contributed by atoms with E-state index >= 15 is 0 Å². The van der Waals surface area contributed by atoms with Crippen LogP contribution in [0.2, 0.25) is 0 Å². The summed E-state index contributed by atoms with van der Waals surface area (Å²) in [6, 6.07) is 9.08. The summed E-state index contributed by atoms with van der Waals surface area (Å²) in [4.78, 5) is 16.1. The van der Waals surface area contributed by atoms with Gasteiger partial charge >= 0.3 is 0 Å². The van der Waals surface area contributed by atoms with E-state index in [2.05, 4.69) is 20.9 Å². The van der Waals surface area contributed by atoms with Crippen LogP contribution in [0.3, 0.4) is 0 Å². The van der Waals surface area contributed by atoms with Crippen molar-refractivity contribution in [2.24, 2.45) is 0 Å². The summed E-state index contributed by atoms with van der Waals surface area (Å²) in [5, 5.41) is 0. The van der Waals surface area contributed by atoms with Gasteiger partial charge in [-0.15, -0.1) is 0 Å². The Morgan fingerprint density at radius 2 is 1.88 bits per heavy atom. The van der Waals surface area contributed by atoms with E-state index in [-0.39, 0.29) is 5.78 Å². The van der Waals surface area contributed by atoms with Crippen molar-refractivity contribution in [1.82, 2.24) is 4.98 Å². The van der Waals surface area contributed by atoms with Gasteiger partial charge in [-0.25, -0.2) is 0 Å². The number of nitrogens with zero attached hydrogens (tertiary/aromatic N) is 1. The van der Waals surface area contributed by atoms with Gasteiger partial charge in [-0.2, -0.15) is 0 Å². The zero-order valence-electron chi connectivity index (χ0n) is 8.77. The molecule has 0 bridgehead atoms. The molecule has 1 aromatic heterocycles. The first-order valence-electron chi connectivity index (χ1n) is 4.90. The molecule has 2 rings (SSSR count). The summed E-state index contributed by atoms with van der Waals surface area (Å²) in [5.74, 6) is 0.0289. The van der Waals surface area contributed by atoms with Crippen molar-refractivity contribution in [1.29, 1.82) is 0 Å². The maximum absolute atomic E-state index is 12.2. The summed E-state index contributed by atoms with van der Waals surface area (Å²) in [5.41, 5.74) is 2.35. The zero-order chi connectivity index (χ0) is 11.5. The summed E-state index contributed by atoms with van der Waals surface area (Å²) in [7, 11) is 0. The quantitative estimate of drug-likeness (QED) is 0.787. The Kier molecular flexibility index (Phi) is 3.15. The number of halogens is 1. The lowest BCUT2D eigenvalue weighted by atomic mass is 10.0. The van der Waals surface area contributed by atoms with Crippen LogP contribution in [0.4, 0.5) is 0 Å². The Balaban J connectivity index is 2.46. The van der Waals surface area contributed by atoms with E-state index in [1.165, 1.54) is 0 Å². The third-order valence-electron chi connectivity index (χ3n) is 2.45. The Morgan fingerprint density at radius 1 is 1.19 bits per heavy atom. The highest BCUT2D eigenvalue weighted by Crippen LogP contribution is 2.21. The van der Waals surface area contributed by atoms with Gasteiger partial charge in [0.05, 0.1) is 0 Å². The largest absolute Gasteiger partial charge is 0.289 e. The fourth-order valence-corrected chi connectivity index (χ4v) is 1.88. The van der Waals surface area contributed by atoms with Crippen molar-refractivity contribution in [2.45, 2.75) is 6.92 Å². The van der Waals surface area contributed by atoms with Gasteiger partial charge < -0.3 is 0 Å². The molecular weight excluding hydrogens is 266 g/mol. The van der Waals surface area contributed by atoms with Crippen LogP contribution < -0.4 is 0 Å². The Bertz CT molecular complexity index is 523. The molecule has 0 spiro atoms. The molecule has 0 aliphatic rings. The van der Waals surface area contributed by atoms with Crippen LogP contribution in [0.5, 0.6) is 0 Å². The molecule has 0 aliphatic carbocycles. The Labute approximate surface area is 102 Å². The topological polar surface area (TPSA) is 30.0 Å². The molecule has 0 N–H and O–H groups in total. The molecule has 2 aromatic rings. The van der Waals surface area contributed by atoms with E-state index < -0.39 is 0 Å². The molecule has 0 amide bonds. The smallest absolute Gasteiger partial charge is 0.193 e. The molecule has 0 atom stereocenters. The highest BCUT2D eigenvalue weighted by atomic mass is 79.9. The summed E-state index contributed by atoms with van der Waals surface area (Å²) in [6.45, 7) is 1.93. The Hall–Kier alpha value is -1.48. The standard InChI is InChI=1S/C13H10BrNO/c1-9-11(3-2-4-12(9)14)13(16)10-5-7-15-8-6-10/h2-8H,1H3. The van der Waals surface area contributed by atoms with E-state index in [0.29, 0.717) is 5.56 Å². The van der Waals surface area contributed by atoms with Gasteiger partial charge in [0.25, 0.3) is 0 Å². The normalized spacial score (nSPS) is 10.1. The number of hydrogen-bond acceptors (Lipinski definition) is 2. The van der Waals surface area contributed by atoms with Crippen LogP contribution in [0.25, 0.3) is 0 Å². The highest BCUT2D eigenvalue weighted by Gasteiger charge is 2.12. The van der Waals surface area contributed by atoms with Crippen LogP contribution >= 0.6 is 15.9 Å². The first kappa shape index (κ1) is 11.0. The number of aromatic nitrogens is 1. The average Bonchev–Trinajstić information content (AvgIpc) is 2.33. The molecule has 1 heterocycles. The van der Waals surface area contributed by atoms with E-state index in [1.807, 2.05) is 25.1 Å². The fraction of sp³-hybridized carbons (Fsp3) is 0.0769. The molecule has 0 unspecified atom stereocenters. The van der Waals surface area contributed by atoms with Crippen molar-refractivity contribution in [3.05, 3.63) is 63.9 Å². The number of ketones is 1. The van der Waals surface area contributed by atoms with Crippen molar-refractivity contribution >= 4 is 21.7 Å². The Morgan fingerprint density at radius 3 is 2.56 bits per heavy atom. The van der Waals surface area contributed by atoms with Crippen LogP contribution in [0.1, 0.15) is 21.5 Å². The summed E-state index contributed by atoms with van der Waals surface area (Å²) < 4.78 is 0.951. The lowest BCUT2D eigenvalue weighted by Crippen LogP contribution is -2.03. The molecule has 80 valence electrons. The summed E-state index contributed by atoms with van der Waals surface area (Å²) >= 11 is 3.42. The molecule has 2 nitrogen and oxygen atoms in total. The molecule has 1 aromatic carbocycles. The highest BCUT2D eigenvalue weighted by molar-refractivity contribution is 9.10. The molecular formula is C13H10BrNO. The van der Waals surface area contributed by atoms with E-state index in [1.54, 1.807) is 24.5 Å². The van der Waals surface area contributed by atoms with Gasteiger partial charge in [0.2, 0.25) is 0 Å². The van der Waals surface area contributed by atoms with Crippen molar-refractivity contribution in [2.75, 3.05) is 0 Å². The molecule has 0 fully saturated rings. The minimum Gasteiger partial charge on any atom is -0.289 e. The molecule has 0 saturated heterocycles. The number of pyridine rings is 1. The van der Waals surface area contributed by atoms with Crippen LogP contribution in [-0.2, 0) is 0 Å². The number of rotatable bonds is 2. The van der Waals surface area contributed by atoms with E-state index in [9.17, 15) is 4.79 Å². The maximum Gasteiger partial charge on any atom is 0.193 e. The molecule has 0 saturated carbocycles. The minimum absolute atomic E-state index is 0.0289. The van der Waals surface area contributed by atoms with E-state index in [4.69, 9.17) is 0 Å². The van der Waals surface area contributed by atoms with Crippen molar-refractivity contribution in [3.63, 3.8) is 0 Å². The van der Waals surface area contributed by atoms with Crippen LogP contribution in [-0.4, -0.2) is 10.8 Å². The molecule has 3 heteroatoms. The van der Waals surface area contributed by atoms with Gasteiger partial charge in [0.15, 0.2) is 5.78 Å². The third-order valence-corrected chi connectivity index (χ3v) is 3.31. The predicted molar refractivity (Wildman–Crippen MR) is 66.5 cm³/mol. The summed E-state index contributed by atoms with van der Waals surface area (Å²) in [6.07, 6.45) is 3.25. The zero-order valence-corrected chi connectivity index (χ0v) is 10.4. The van der Waals surface area contributed by atoms with Gasteiger partial charge in [-0.1, -0.05) is 28.1 Å². The number of benzene rings is 1.